The van der Waals surface area contributed by atoms with Crippen LogP contribution >= 0.6 is 11.3 Å². The lowest BCUT2D eigenvalue weighted by Gasteiger charge is -2.25. The van der Waals surface area contributed by atoms with E-state index in [1.807, 2.05) is 0 Å². The number of carbonyl (C=O) groups is 2. The van der Waals surface area contributed by atoms with E-state index in [-0.39, 0.29) is 17.1 Å². The number of carbonyl (C=O) groups excluding carboxylic acids is 2. The maximum atomic E-state index is 12.5. The number of nitrogens with two attached hydrogens (primary N) is 1. The highest BCUT2D eigenvalue weighted by Gasteiger charge is 2.27. The van der Waals surface area contributed by atoms with E-state index in [9.17, 15) is 18.0 Å². The molecule has 30 heavy (non-hydrogen) atoms. The number of methoxy groups -OCH3 is 1. The first kappa shape index (κ1) is 22.3. The van der Waals surface area contributed by atoms with Crippen molar-refractivity contribution in [2.75, 3.05) is 31.3 Å². The van der Waals surface area contributed by atoms with E-state index in [2.05, 4.69) is 17.1 Å². The predicted molar refractivity (Wildman–Crippen MR) is 116 cm³/mol. The van der Waals surface area contributed by atoms with Gasteiger partial charge in [0, 0.05) is 24.4 Å². The first-order valence-electron chi connectivity index (χ1n) is 9.58. The highest BCUT2D eigenvalue weighted by molar-refractivity contribution is 7.91. The highest BCUT2D eigenvalue weighted by Crippen LogP contribution is 2.37. The number of benzene rings is 1. The standard InChI is InChI=1S/C20H25N3O5S2/c1-3-23-10-8-15-16(12-23)29-20(18(15)19(21)25)22-17(24)9-11-30(26,27)14-6-4-13(28-2)5-7-14/h4-7H,3,8-12H2,1-2H3,(H2,21,25)(H,22,24). The molecule has 1 aromatic carbocycles. The second-order valence-corrected chi connectivity index (χ2v) is 10.2. The summed E-state index contributed by atoms with van der Waals surface area (Å²) in [5, 5.41) is 3.10. The van der Waals surface area contributed by atoms with Crippen LogP contribution in [-0.4, -0.2) is 51.1 Å². The molecule has 2 aromatic rings. The fourth-order valence-electron chi connectivity index (χ4n) is 3.39. The van der Waals surface area contributed by atoms with Crippen molar-refractivity contribution in [2.24, 2.45) is 5.73 Å². The third-order valence-electron chi connectivity index (χ3n) is 5.10. The quantitative estimate of drug-likeness (QED) is 0.634. The van der Waals surface area contributed by atoms with Gasteiger partial charge in [-0.25, -0.2) is 8.42 Å². The molecule has 0 saturated heterocycles. The largest absolute Gasteiger partial charge is 0.497 e. The summed E-state index contributed by atoms with van der Waals surface area (Å²) in [5.41, 5.74) is 6.80. The molecular weight excluding hydrogens is 426 g/mol. The van der Waals surface area contributed by atoms with Crippen molar-refractivity contribution in [1.29, 1.82) is 0 Å². The number of nitrogens with zero attached hydrogens (tertiary/aromatic N) is 1. The lowest BCUT2D eigenvalue weighted by molar-refractivity contribution is -0.115. The summed E-state index contributed by atoms with van der Waals surface area (Å²) in [5.74, 6) is -0.848. The Hall–Kier alpha value is -2.43. The molecule has 0 atom stereocenters. The summed E-state index contributed by atoms with van der Waals surface area (Å²) in [6, 6.07) is 6.01. The van der Waals surface area contributed by atoms with Crippen molar-refractivity contribution < 1.29 is 22.7 Å². The van der Waals surface area contributed by atoms with Crippen molar-refractivity contribution in [3.63, 3.8) is 0 Å². The van der Waals surface area contributed by atoms with E-state index in [0.717, 1.165) is 23.5 Å². The molecular formula is C20H25N3O5S2. The average molecular weight is 452 g/mol. The van der Waals surface area contributed by atoms with Gasteiger partial charge in [-0.05, 0) is 42.8 Å². The number of rotatable bonds is 8. The molecule has 162 valence electrons. The molecule has 1 aromatic heterocycles. The number of fused-ring (bicyclic) bond motifs is 1. The molecule has 0 unspecified atom stereocenters. The van der Waals surface area contributed by atoms with Gasteiger partial charge in [0.25, 0.3) is 5.91 Å². The lowest BCUT2D eigenvalue weighted by Crippen LogP contribution is -2.30. The minimum absolute atomic E-state index is 0.125. The highest BCUT2D eigenvalue weighted by atomic mass is 32.2. The smallest absolute Gasteiger partial charge is 0.251 e. The third-order valence-corrected chi connectivity index (χ3v) is 7.96. The molecule has 0 saturated carbocycles. The van der Waals surface area contributed by atoms with Gasteiger partial charge >= 0.3 is 0 Å². The van der Waals surface area contributed by atoms with Crippen LogP contribution in [0.15, 0.2) is 29.2 Å². The first-order valence-corrected chi connectivity index (χ1v) is 12.1. The summed E-state index contributed by atoms with van der Waals surface area (Å²) in [6.45, 7) is 4.50. The van der Waals surface area contributed by atoms with Crippen LogP contribution in [0.3, 0.4) is 0 Å². The average Bonchev–Trinajstić information content (AvgIpc) is 3.09. The number of likely N-dealkylation sites (N-methyl/N-ethyl adjacent to an activating group) is 1. The first-order chi connectivity index (χ1) is 14.2. The van der Waals surface area contributed by atoms with Gasteiger partial charge in [0.15, 0.2) is 9.84 Å². The molecule has 1 aliphatic rings. The van der Waals surface area contributed by atoms with Crippen molar-refractivity contribution in [2.45, 2.75) is 31.2 Å². The summed E-state index contributed by atoms with van der Waals surface area (Å²) in [7, 11) is -2.13. The molecule has 1 aliphatic heterocycles. The molecule has 3 rings (SSSR count). The summed E-state index contributed by atoms with van der Waals surface area (Å²) >= 11 is 1.33. The predicted octanol–water partition coefficient (Wildman–Crippen LogP) is 2.04. The summed E-state index contributed by atoms with van der Waals surface area (Å²) in [4.78, 5) is 27.8. The van der Waals surface area contributed by atoms with Crippen LogP contribution in [0.5, 0.6) is 5.75 Å². The van der Waals surface area contributed by atoms with Gasteiger partial charge in [-0.3, -0.25) is 14.5 Å². The monoisotopic (exact) mass is 451 g/mol. The van der Waals surface area contributed by atoms with Gasteiger partial charge in [-0.2, -0.15) is 0 Å². The van der Waals surface area contributed by atoms with Gasteiger partial charge in [0.1, 0.15) is 10.8 Å². The van der Waals surface area contributed by atoms with Crippen LogP contribution in [0.25, 0.3) is 0 Å². The fourth-order valence-corrected chi connectivity index (χ4v) is 5.94. The number of thiophene rings is 1. The zero-order chi connectivity index (χ0) is 21.9. The van der Waals surface area contributed by atoms with Gasteiger partial charge in [-0.15, -0.1) is 11.3 Å². The van der Waals surface area contributed by atoms with E-state index >= 15 is 0 Å². The summed E-state index contributed by atoms with van der Waals surface area (Å²) in [6.07, 6.45) is 0.468. The van der Waals surface area contributed by atoms with E-state index in [1.165, 1.54) is 30.6 Å². The Balaban J connectivity index is 1.70. The number of hydrogen-bond acceptors (Lipinski definition) is 7. The normalized spacial score (nSPS) is 14.2. The van der Waals surface area contributed by atoms with Crippen LogP contribution < -0.4 is 15.8 Å². The zero-order valence-corrected chi connectivity index (χ0v) is 18.6. The van der Waals surface area contributed by atoms with Crippen molar-refractivity contribution >= 4 is 38.0 Å². The molecule has 3 N–H and O–H groups in total. The van der Waals surface area contributed by atoms with Gasteiger partial charge < -0.3 is 15.8 Å². The van der Waals surface area contributed by atoms with Crippen LogP contribution in [0.4, 0.5) is 5.00 Å². The van der Waals surface area contributed by atoms with Crippen LogP contribution in [0.2, 0.25) is 0 Å². The molecule has 2 amide bonds. The molecule has 0 radical (unpaired) electrons. The third kappa shape index (κ3) is 4.82. The van der Waals surface area contributed by atoms with E-state index in [0.29, 0.717) is 29.3 Å². The Kier molecular flexibility index (Phi) is 6.79. The molecule has 0 aliphatic carbocycles. The summed E-state index contributed by atoms with van der Waals surface area (Å²) < 4.78 is 30.0. The lowest BCUT2D eigenvalue weighted by atomic mass is 10.0. The molecule has 10 heteroatoms. The van der Waals surface area contributed by atoms with Crippen LogP contribution in [0, 0.1) is 0 Å². The van der Waals surface area contributed by atoms with E-state index in [4.69, 9.17) is 10.5 Å². The second kappa shape index (κ2) is 9.15. The molecule has 8 nitrogen and oxygen atoms in total. The van der Waals surface area contributed by atoms with Gasteiger partial charge in [0.2, 0.25) is 5.91 Å². The van der Waals surface area contributed by atoms with Gasteiger partial charge in [0.05, 0.1) is 23.3 Å². The van der Waals surface area contributed by atoms with Crippen molar-refractivity contribution in [3.8, 4) is 5.75 Å². The number of anilines is 1. The Bertz CT molecular complexity index is 1050. The van der Waals surface area contributed by atoms with E-state index in [1.54, 1.807) is 12.1 Å². The maximum Gasteiger partial charge on any atom is 0.251 e. The van der Waals surface area contributed by atoms with Crippen molar-refractivity contribution in [1.82, 2.24) is 4.90 Å². The van der Waals surface area contributed by atoms with Crippen LogP contribution in [-0.2, 0) is 27.6 Å². The molecule has 0 bridgehead atoms. The number of nitrogens with one attached hydrogen (secondary N) is 1. The molecule has 0 spiro atoms. The van der Waals surface area contributed by atoms with E-state index < -0.39 is 21.7 Å². The topological polar surface area (TPSA) is 119 Å². The Morgan fingerprint density at radius 2 is 1.97 bits per heavy atom. The number of ether oxygens (including phenoxy) is 1. The molecule has 2 heterocycles. The zero-order valence-electron chi connectivity index (χ0n) is 16.9. The Morgan fingerprint density at radius 3 is 2.57 bits per heavy atom. The Morgan fingerprint density at radius 1 is 1.27 bits per heavy atom. The number of sulfone groups is 1. The van der Waals surface area contributed by atoms with Gasteiger partial charge in [-0.1, -0.05) is 6.92 Å². The number of hydrogen-bond donors (Lipinski definition) is 2. The Labute approximate surface area is 179 Å². The number of amides is 2. The van der Waals surface area contributed by atoms with Crippen LogP contribution in [0.1, 0.15) is 34.1 Å². The molecule has 0 fully saturated rings. The fraction of sp³-hybridized carbons (Fsp3) is 0.400. The van der Waals surface area contributed by atoms with Crippen molar-refractivity contribution in [3.05, 3.63) is 40.3 Å². The maximum absolute atomic E-state index is 12.5. The minimum atomic E-state index is -3.62. The minimum Gasteiger partial charge on any atom is -0.497 e. The number of primary amides is 1. The second-order valence-electron chi connectivity index (χ2n) is 6.98. The SMILES string of the molecule is CCN1CCc2c(sc(NC(=O)CCS(=O)(=O)c3ccc(OC)cc3)c2C(N)=O)C1.